The van der Waals surface area contributed by atoms with Gasteiger partial charge in [-0.2, -0.15) is 0 Å². The highest BCUT2D eigenvalue weighted by Crippen LogP contribution is 2.05. The lowest BCUT2D eigenvalue weighted by Gasteiger charge is -2.12. The van der Waals surface area contributed by atoms with Crippen molar-refractivity contribution in [2.75, 3.05) is 13.7 Å². The Morgan fingerprint density at radius 1 is 1.69 bits per heavy atom. The van der Waals surface area contributed by atoms with E-state index in [-0.39, 0.29) is 5.78 Å². The summed E-state index contributed by atoms with van der Waals surface area (Å²) in [5.41, 5.74) is 0.570. The fraction of sp³-hybridized carbons (Fsp3) is 0.444. The SMILES string of the molecule is CCOC(OC)C(=O)c1cc[nH]c1. The van der Waals surface area contributed by atoms with Gasteiger partial charge in [-0.25, -0.2) is 0 Å². The Morgan fingerprint density at radius 3 is 2.92 bits per heavy atom. The highest BCUT2D eigenvalue weighted by atomic mass is 16.7. The summed E-state index contributed by atoms with van der Waals surface area (Å²) in [5.74, 6) is -0.161. The van der Waals surface area contributed by atoms with Crippen LogP contribution in [0.4, 0.5) is 0 Å². The van der Waals surface area contributed by atoms with Crippen molar-refractivity contribution < 1.29 is 14.3 Å². The number of carbonyl (C=O) groups is 1. The van der Waals surface area contributed by atoms with E-state index in [1.165, 1.54) is 7.11 Å². The lowest BCUT2D eigenvalue weighted by atomic mass is 10.2. The Morgan fingerprint density at radius 2 is 2.46 bits per heavy atom. The van der Waals surface area contributed by atoms with Crippen molar-refractivity contribution in [2.24, 2.45) is 0 Å². The molecule has 0 radical (unpaired) electrons. The van der Waals surface area contributed by atoms with Gasteiger partial charge < -0.3 is 14.5 Å². The molecule has 0 aliphatic heterocycles. The van der Waals surface area contributed by atoms with Crippen LogP contribution in [0.25, 0.3) is 0 Å². The molecule has 1 N–H and O–H groups in total. The second-order valence-electron chi connectivity index (χ2n) is 2.49. The number of ether oxygens (including phenoxy) is 2. The Balaban J connectivity index is 2.65. The number of Topliss-reactive ketones (excluding diaryl/α,β-unsaturated/α-hetero) is 1. The van der Waals surface area contributed by atoms with E-state index >= 15 is 0 Å². The summed E-state index contributed by atoms with van der Waals surface area (Å²) in [6.07, 6.45) is 2.51. The lowest BCUT2D eigenvalue weighted by molar-refractivity contribution is -0.0913. The van der Waals surface area contributed by atoms with Gasteiger partial charge in [-0.1, -0.05) is 0 Å². The summed E-state index contributed by atoms with van der Waals surface area (Å²) < 4.78 is 9.98. The molecule has 0 amide bonds. The molecule has 0 aromatic carbocycles. The third-order valence-corrected chi connectivity index (χ3v) is 1.63. The predicted molar refractivity (Wildman–Crippen MR) is 47.5 cm³/mol. The van der Waals surface area contributed by atoms with Crippen LogP contribution >= 0.6 is 0 Å². The topological polar surface area (TPSA) is 51.3 Å². The van der Waals surface area contributed by atoms with Crippen molar-refractivity contribution in [2.45, 2.75) is 13.2 Å². The molecule has 1 heterocycles. The van der Waals surface area contributed by atoms with E-state index in [9.17, 15) is 4.79 Å². The number of ketones is 1. The van der Waals surface area contributed by atoms with Gasteiger partial charge >= 0.3 is 0 Å². The first-order chi connectivity index (χ1) is 6.29. The largest absolute Gasteiger partial charge is 0.367 e. The summed E-state index contributed by atoms with van der Waals surface area (Å²) in [6, 6.07) is 1.69. The Kier molecular flexibility index (Phi) is 3.67. The van der Waals surface area contributed by atoms with Gasteiger partial charge in [0.2, 0.25) is 12.1 Å². The van der Waals surface area contributed by atoms with Gasteiger partial charge in [0, 0.05) is 31.7 Å². The number of nitrogens with one attached hydrogen (secondary N) is 1. The predicted octanol–water partition coefficient (Wildman–Crippen LogP) is 1.21. The summed E-state index contributed by atoms with van der Waals surface area (Å²) >= 11 is 0. The van der Waals surface area contributed by atoms with Crippen LogP contribution in [0.3, 0.4) is 0 Å². The van der Waals surface area contributed by atoms with E-state index in [4.69, 9.17) is 9.47 Å². The third kappa shape index (κ3) is 2.40. The highest BCUT2D eigenvalue weighted by molar-refractivity contribution is 5.98. The first kappa shape index (κ1) is 9.95. The molecule has 0 saturated carbocycles. The number of carbonyl (C=O) groups excluding carboxylic acids is 1. The maximum atomic E-state index is 11.6. The second-order valence-corrected chi connectivity index (χ2v) is 2.49. The van der Waals surface area contributed by atoms with E-state index in [0.717, 1.165) is 0 Å². The van der Waals surface area contributed by atoms with Gasteiger partial charge in [0.05, 0.1) is 0 Å². The van der Waals surface area contributed by atoms with Gasteiger partial charge in [0.15, 0.2) is 0 Å². The fourth-order valence-electron chi connectivity index (χ4n) is 1.02. The highest BCUT2D eigenvalue weighted by Gasteiger charge is 2.19. The normalized spacial score (nSPS) is 12.8. The van der Waals surface area contributed by atoms with Gasteiger partial charge in [-0.05, 0) is 13.0 Å². The monoisotopic (exact) mass is 183 g/mol. The average molecular weight is 183 g/mol. The van der Waals surface area contributed by atoms with E-state index in [1.807, 2.05) is 6.92 Å². The van der Waals surface area contributed by atoms with Gasteiger partial charge in [0.25, 0.3) is 0 Å². The average Bonchev–Trinajstić information content (AvgIpc) is 2.65. The molecule has 1 aromatic heterocycles. The molecule has 1 unspecified atom stereocenters. The number of rotatable bonds is 5. The number of methoxy groups -OCH3 is 1. The Labute approximate surface area is 76.9 Å². The number of H-pyrrole nitrogens is 1. The zero-order valence-corrected chi connectivity index (χ0v) is 7.74. The summed E-state index contributed by atoms with van der Waals surface area (Å²) in [6.45, 7) is 2.27. The summed E-state index contributed by atoms with van der Waals surface area (Å²) in [4.78, 5) is 14.4. The van der Waals surface area contributed by atoms with Crippen molar-refractivity contribution in [3.05, 3.63) is 24.0 Å². The van der Waals surface area contributed by atoms with Crippen molar-refractivity contribution in [1.82, 2.24) is 4.98 Å². The van der Waals surface area contributed by atoms with Crippen molar-refractivity contribution >= 4 is 5.78 Å². The summed E-state index contributed by atoms with van der Waals surface area (Å²) in [7, 11) is 1.45. The Hall–Kier alpha value is -1.13. The molecular weight excluding hydrogens is 170 g/mol. The molecule has 0 saturated heterocycles. The summed E-state index contributed by atoms with van der Waals surface area (Å²) in [5, 5.41) is 0. The Bertz CT molecular complexity index is 256. The van der Waals surface area contributed by atoms with E-state index in [1.54, 1.807) is 18.5 Å². The zero-order chi connectivity index (χ0) is 9.68. The zero-order valence-electron chi connectivity index (χ0n) is 7.74. The molecule has 4 nitrogen and oxygen atoms in total. The van der Waals surface area contributed by atoms with E-state index < -0.39 is 6.29 Å². The van der Waals surface area contributed by atoms with Gasteiger partial charge in [-0.3, -0.25) is 4.79 Å². The molecule has 1 atom stereocenters. The molecule has 1 aromatic rings. The number of hydrogen-bond donors (Lipinski definition) is 1. The lowest BCUT2D eigenvalue weighted by Crippen LogP contribution is -2.26. The smallest absolute Gasteiger partial charge is 0.222 e. The second kappa shape index (κ2) is 4.79. The molecule has 72 valence electrons. The van der Waals surface area contributed by atoms with Crippen LogP contribution < -0.4 is 0 Å². The molecule has 0 aliphatic carbocycles. The van der Waals surface area contributed by atoms with Crippen LogP contribution in [0.15, 0.2) is 18.5 Å². The van der Waals surface area contributed by atoms with Crippen LogP contribution in [-0.4, -0.2) is 30.8 Å². The molecule has 0 bridgehead atoms. The molecule has 13 heavy (non-hydrogen) atoms. The third-order valence-electron chi connectivity index (χ3n) is 1.63. The first-order valence-electron chi connectivity index (χ1n) is 4.11. The van der Waals surface area contributed by atoms with Crippen LogP contribution in [-0.2, 0) is 9.47 Å². The van der Waals surface area contributed by atoms with Crippen molar-refractivity contribution in [3.63, 3.8) is 0 Å². The van der Waals surface area contributed by atoms with E-state index in [0.29, 0.717) is 12.2 Å². The van der Waals surface area contributed by atoms with Crippen LogP contribution in [0.5, 0.6) is 0 Å². The molecule has 0 fully saturated rings. The first-order valence-corrected chi connectivity index (χ1v) is 4.11. The molecular formula is C9H13NO3. The van der Waals surface area contributed by atoms with Crippen molar-refractivity contribution in [3.8, 4) is 0 Å². The molecule has 0 aliphatic rings. The minimum Gasteiger partial charge on any atom is -0.367 e. The number of hydrogen-bond acceptors (Lipinski definition) is 3. The van der Waals surface area contributed by atoms with Gasteiger partial charge in [-0.15, -0.1) is 0 Å². The molecule has 0 spiro atoms. The minimum absolute atomic E-state index is 0.161. The maximum Gasteiger partial charge on any atom is 0.222 e. The molecule has 4 heteroatoms. The van der Waals surface area contributed by atoms with Crippen LogP contribution in [0.2, 0.25) is 0 Å². The molecule has 1 rings (SSSR count). The van der Waals surface area contributed by atoms with Gasteiger partial charge in [0.1, 0.15) is 0 Å². The van der Waals surface area contributed by atoms with E-state index in [2.05, 4.69) is 4.98 Å². The quantitative estimate of drug-likeness (QED) is 0.551. The van der Waals surface area contributed by atoms with Crippen LogP contribution in [0.1, 0.15) is 17.3 Å². The number of aromatic nitrogens is 1. The maximum absolute atomic E-state index is 11.6. The minimum atomic E-state index is -0.791. The standard InChI is InChI=1S/C9H13NO3/c1-3-13-9(12-2)8(11)7-4-5-10-6-7/h4-6,9-10H,3H2,1-2H3. The fourth-order valence-corrected chi connectivity index (χ4v) is 1.02. The van der Waals surface area contributed by atoms with Crippen molar-refractivity contribution in [1.29, 1.82) is 0 Å². The van der Waals surface area contributed by atoms with Crippen LogP contribution in [0, 0.1) is 0 Å². The number of aromatic amines is 1.